The summed E-state index contributed by atoms with van der Waals surface area (Å²) in [6, 6.07) is 8.26. The van der Waals surface area contributed by atoms with Crippen LogP contribution >= 0.6 is 0 Å². The number of benzene rings is 1. The Labute approximate surface area is 150 Å². The molecule has 2 fully saturated rings. The van der Waals surface area contributed by atoms with E-state index in [4.69, 9.17) is 4.74 Å². The second-order valence-corrected chi connectivity index (χ2v) is 9.21. The molecule has 0 radical (unpaired) electrons. The van der Waals surface area contributed by atoms with E-state index in [0.717, 1.165) is 11.3 Å². The number of allylic oxidation sites excluding steroid dienone is 2. The summed E-state index contributed by atoms with van der Waals surface area (Å²) >= 11 is 0. The van der Waals surface area contributed by atoms with Gasteiger partial charge in [0.25, 0.3) is 0 Å². The molecule has 0 aromatic heterocycles. The largest absolute Gasteiger partial charge is 0.489 e. The fraction of sp³-hybridized carbons (Fsp3) is 0.500. The van der Waals surface area contributed by atoms with Crippen LogP contribution in [0.15, 0.2) is 48.1 Å². The molecule has 1 saturated carbocycles. The van der Waals surface area contributed by atoms with E-state index in [1.54, 1.807) is 0 Å². The molecule has 2 aliphatic carbocycles. The van der Waals surface area contributed by atoms with Crippen molar-refractivity contribution in [1.82, 2.24) is 4.72 Å². The number of ether oxygens (including phenoxy) is 1. The van der Waals surface area contributed by atoms with E-state index in [1.165, 1.54) is 31.2 Å². The second kappa shape index (κ2) is 6.96. The minimum absolute atomic E-state index is 0.165. The maximum Gasteiger partial charge on any atom is 0.212 e. The van der Waals surface area contributed by atoms with Crippen molar-refractivity contribution in [2.24, 2.45) is 5.92 Å². The zero-order chi connectivity index (χ0) is 17.3. The maximum atomic E-state index is 11.9. The Bertz CT molecular complexity index is 774. The van der Waals surface area contributed by atoms with Gasteiger partial charge in [-0.2, -0.15) is 0 Å². The Morgan fingerprint density at radius 1 is 1.08 bits per heavy atom. The van der Waals surface area contributed by atoms with Gasteiger partial charge in [-0.05, 0) is 54.4 Å². The molecule has 1 aromatic carbocycles. The third-order valence-electron chi connectivity index (χ3n) is 5.63. The molecule has 4 nitrogen and oxygen atoms in total. The van der Waals surface area contributed by atoms with E-state index >= 15 is 0 Å². The van der Waals surface area contributed by atoms with Gasteiger partial charge in [-0.15, -0.1) is 0 Å². The van der Waals surface area contributed by atoms with Crippen LogP contribution in [0.1, 0.15) is 43.6 Å². The van der Waals surface area contributed by atoms with E-state index in [9.17, 15) is 8.42 Å². The highest BCUT2D eigenvalue weighted by molar-refractivity contribution is 7.89. The van der Waals surface area contributed by atoms with Crippen molar-refractivity contribution in [2.75, 3.05) is 12.4 Å². The molecule has 4 rings (SSSR count). The minimum atomic E-state index is -3.16. The molecule has 25 heavy (non-hydrogen) atoms. The number of fused-ring (bicyclic) bond motifs is 1. The van der Waals surface area contributed by atoms with Crippen LogP contribution in [0, 0.1) is 5.92 Å². The van der Waals surface area contributed by atoms with Gasteiger partial charge in [-0.25, -0.2) is 13.1 Å². The summed E-state index contributed by atoms with van der Waals surface area (Å²) in [6.07, 6.45) is 12.0. The van der Waals surface area contributed by atoms with Crippen LogP contribution in [0.25, 0.3) is 0 Å². The second-order valence-electron chi connectivity index (χ2n) is 7.33. The van der Waals surface area contributed by atoms with Crippen molar-refractivity contribution >= 4 is 10.0 Å². The molecule has 0 amide bonds. The standard InChI is InChI=1S/C20H25NO3S/c22-25(23)13-12-17-6-3-7-18(20(17)21-25)14-24-19-10-8-16(9-11-19)15-4-1-2-5-15/h3,6-11,15,17,20-21H,1-2,4-5,12-14H2. The van der Waals surface area contributed by atoms with Crippen LogP contribution in [0.3, 0.4) is 0 Å². The van der Waals surface area contributed by atoms with Gasteiger partial charge in [0.2, 0.25) is 10.0 Å². The zero-order valence-corrected chi connectivity index (χ0v) is 15.2. The summed E-state index contributed by atoms with van der Waals surface area (Å²) in [5, 5.41) is 0. The Balaban J connectivity index is 1.40. The molecule has 5 heteroatoms. The summed E-state index contributed by atoms with van der Waals surface area (Å²) in [7, 11) is -3.16. The Kier molecular flexibility index (Phi) is 4.69. The van der Waals surface area contributed by atoms with Gasteiger partial charge in [-0.1, -0.05) is 43.2 Å². The van der Waals surface area contributed by atoms with Crippen LogP contribution < -0.4 is 9.46 Å². The van der Waals surface area contributed by atoms with Crippen molar-refractivity contribution < 1.29 is 13.2 Å². The number of hydrogen-bond donors (Lipinski definition) is 1. The highest BCUT2D eigenvalue weighted by atomic mass is 32.2. The molecule has 1 aliphatic heterocycles. The lowest BCUT2D eigenvalue weighted by molar-refractivity contribution is 0.326. The molecule has 1 N–H and O–H groups in total. The Morgan fingerprint density at radius 2 is 1.84 bits per heavy atom. The van der Waals surface area contributed by atoms with E-state index < -0.39 is 10.0 Å². The van der Waals surface area contributed by atoms with E-state index in [1.807, 2.05) is 24.3 Å². The van der Waals surface area contributed by atoms with Crippen molar-refractivity contribution in [2.45, 2.75) is 44.1 Å². The summed E-state index contributed by atoms with van der Waals surface area (Å²) in [6.45, 7) is 0.413. The Hall–Kier alpha value is -1.59. The van der Waals surface area contributed by atoms with Gasteiger partial charge in [0.15, 0.2) is 0 Å². The monoisotopic (exact) mass is 359 g/mol. The third-order valence-corrected chi connectivity index (χ3v) is 7.02. The lowest BCUT2D eigenvalue weighted by Gasteiger charge is -2.34. The Morgan fingerprint density at radius 3 is 2.60 bits per heavy atom. The molecular weight excluding hydrogens is 334 g/mol. The van der Waals surface area contributed by atoms with Gasteiger partial charge in [0.05, 0.1) is 11.8 Å². The molecule has 1 saturated heterocycles. The van der Waals surface area contributed by atoms with Gasteiger partial charge in [0.1, 0.15) is 12.4 Å². The number of rotatable bonds is 4. The third kappa shape index (κ3) is 3.82. The van der Waals surface area contributed by atoms with Crippen molar-refractivity contribution in [1.29, 1.82) is 0 Å². The van der Waals surface area contributed by atoms with E-state index in [0.29, 0.717) is 18.9 Å². The predicted molar refractivity (Wildman–Crippen MR) is 99.2 cm³/mol. The molecule has 2 atom stereocenters. The van der Waals surface area contributed by atoms with Crippen molar-refractivity contribution in [3.05, 3.63) is 53.6 Å². The molecule has 1 aromatic rings. The highest BCUT2D eigenvalue weighted by Crippen LogP contribution is 2.34. The molecule has 134 valence electrons. The van der Waals surface area contributed by atoms with Crippen molar-refractivity contribution in [3.8, 4) is 5.75 Å². The highest BCUT2D eigenvalue weighted by Gasteiger charge is 2.34. The number of hydrogen-bond acceptors (Lipinski definition) is 3. The van der Waals surface area contributed by atoms with Gasteiger partial charge < -0.3 is 4.74 Å². The molecular formula is C20H25NO3S. The fourth-order valence-corrected chi connectivity index (χ4v) is 5.59. The van der Waals surface area contributed by atoms with Crippen LogP contribution in [0.4, 0.5) is 0 Å². The molecule has 3 aliphatic rings. The minimum Gasteiger partial charge on any atom is -0.489 e. The summed E-state index contributed by atoms with van der Waals surface area (Å²) in [5.74, 6) is 1.98. The normalized spacial score (nSPS) is 28.4. The molecule has 0 bridgehead atoms. The summed E-state index contributed by atoms with van der Waals surface area (Å²) < 4.78 is 32.5. The number of sulfonamides is 1. The van der Waals surface area contributed by atoms with Crippen LogP contribution in [0.2, 0.25) is 0 Å². The van der Waals surface area contributed by atoms with Crippen molar-refractivity contribution in [3.63, 3.8) is 0 Å². The van der Waals surface area contributed by atoms with Gasteiger partial charge >= 0.3 is 0 Å². The predicted octanol–water partition coefficient (Wildman–Crippen LogP) is 3.53. The lowest BCUT2D eigenvalue weighted by atomic mass is 9.87. The zero-order valence-electron chi connectivity index (χ0n) is 14.4. The quantitative estimate of drug-likeness (QED) is 0.895. The fourth-order valence-electron chi connectivity index (χ4n) is 4.18. The topological polar surface area (TPSA) is 55.4 Å². The molecule has 0 spiro atoms. The van der Waals surface area contributed by atoms with Gasteiger partial charge in [-0.3, -0.25) is 0 Å². The van der Waals surface area contributed by atoms with E-state index in [2.05, 4.69) is 22.9 Å². The maximum absolute atomic E-state index is 11.9. The van der Waals surface area contributed by atoms with Gasteiger partial charge in [0, 0.05) is 0 Å². The smallest absolute Gasteiger partial charge is 0.212 e. The average Bonchev–Trinajstić information content (AvgIpc) is 3.14. The SMILES string of the molecule is O=S1(=O)CCC2C=CC=C(COc3ccc(C4CCCC4)cc3)C2N1. The first-order valence-electron chi connectivity index (χ1n) is 9.21. The molecule has 1 heterocycles. The first kappa shape index (κ1) is 16.9. The van der Waals surface area contributed by atoms with Crippen LogP contribution in [0.5, 0.6) is 5.75 Å². The molecule has 2 unspecified atom stereocenters. The lowest BCUT2D eigenvalue weighted by Crippen LogP contribution is -2.48. The summed E-state index contributed by atoms with van der Waals surface area (Å²) in [4.78, 5) is 0. The number of nitrogens with one attached hydrogen (secondary N) is 1. The van der Waals surface area contributed by atoms with Crippen LogP contribution in [-0.4, -0.2) is 26.8 Å². The first-order chi connectivity index (χ1) is 12.1. The van der Waals surface area contributed by atoms with E-state index in [-0.39, 0.29) is 17.7 Å². The average molecular weight is 359 g/mol. The first-order valence-corrected chi connectivity index (χ1v) is 10.9. The summed E-state index contributed by atoms with van der Waals surface area (Å²) in [5.41, 5.74) is 2.40. The van der Waals surface area contributed by atoms with Crippen LogP contribution in [-0.2, 0) is 10.0 Å².